The second-order valence-corrected chi connectivity index (χ2v) is 5.20. The van der Waals surface area contributed by atoms with Gasteiger partial charge in [-0.25, -0.2) is 0 Å². The Morgan fingerprint density at radius 3 is 2.47 bits per heavy atom. The van der Waals surface area contributed by atoms with Crippen molar-refractivity contribution in [2.75, 3.05) is 19.7 Å². The third kappa shape index (κ3) is 3.55. The molecule has 2 nitrogen and oxygen atoms in total. The van der Waals surface area contributed by atoms with E-state index in [2.05, 4.69) is 42.2 Å². The summed E-state index contributed by atoms with van der Waals surface area (Å²) in [4.78, 5) is 2.55. The fourth-order valence-electron chi connectivity index (χ4n) is 2.66. The molecule has 0 saturated carbocycles. The van der Waals surface area contributed by atoms with Crippen LogP contribution < -0.4 is 0 Å². The van der Waals surface area contributed by atoms with Gasteiger partial charge in [-0.05, 0) is 50.8 Å². The van der Waals surface area contributed by atoms with Crippen molar-refractivity contribution in [1.29, 1.82) is 0 Å². The number of aliphatic hydroxyl groups excluding tert-OH is 1. The molecule has 2 heteroatoms. The van der Waals surface area contributed by atoms with Crippen LogP contribution in [0.25, 0.3) is 0 Å². The second kappa shape index (κ2) is 6.18. The summed E-state index contributed by atoms with van der Waals surface area (Å²) in [6, 6.07) is 11.3. The molecule has 0 aromatic heterocycles. The zero-order valence-corrected chi connectivity index (χ0v) is 10.7. The molecule has 1 aliphatic heterocycles. The molecule has 1 N–H and O–H groups in total. The predicted molar refractivity (Wildman–Crippen MR) is 71.0 cm³/mol. The molecule has 0 bridgehead atoms. The topological polar surface area (TPSA) is 23.5 Å². The lowest BCUT2D eigenvalue weighted by Crippen LogP contribution is -2.41. The highest BCUT2D eigenvalue weighted by atomic mass is 16.3. The van der Waals surface area contributed by atoms with Crippen molar-refractivity contribution in [2.45, 2.75) is 32.2 Å². The predicted octanol–water partition coefficient (Wildman–Crippen LogP) is 2.32. The Morgan fingerprint density at radius 2 is 1.88 bits per heavy atom. The number of nitrogens with zero attached hydrogens (tertiary/aromatic N) is 1. The number of hydrogen-bond acceptors (Lipinski definition) is 2. The molecule has 1 aromatic rings. The second-order valence-electron chi connectivity index (χ2n) is 5.20. The fourth-order valence-corrected chi connectivity index (χ4v) is 2.66. The smallest absolute Gasteiger partial charge is 0.0460 e. The maximum atomic E-state index is 9.13. The molecular weight excluding hydrogens is 210 g/mol. The van der Waals surface area contributed by atoms with Crippen LogP contribution in [0, 0.1) is 5.92 Å². The Morgan fingerprint density at radius 1 is 1.24 bits per heavy atom. The molecule has 1 saturated heterocycles. The first-order valence-electron chi connectivity index (χ1n) is 6.68. The van der Waals surface area contributed by atoms with E-state index in [-0.39, 0.29) is 0 Å². The third-order valence-corrected chi connectivity index (χ3v) is 3.90. The highest BCUT2D eigenvalue weighted by Crippen LogP contribution is 2.19. The molecule has 1 atom stereocenters. The van der Waals surface area contributed by atoms with Gasteiger partial charge < -0.3 is 10.0 Å². The first kappa shape index (κ1) is 12.6. The fraction of sp³-hybridized carbons (Fsp3) is 0.600. The van der Waals surface area contributed by atoms with Crippen molar-refractivity contribution in [3.05, 3.63) is 35.9 Å². The molecule has 0 spiro atoms. The number of benzene rings is 1. The van der Waals surface area contributed by atoms with Gasteiger partial charge in [0, 0.05) is 12.6 Å². The van der Waals surface area contributed by atoms with Crippen molar-refractivity contribution in [3.8, 4) is 0 Å². The lowest BCUT2D eigenvalue weighted by atomic mass is 9.95. The van der Waals surface area contributed by atoms with Crippen molar-refractivity contribution in [2.24, 2.45) is 5.92 Å². The summed E-state index contributed by atoms with van der Waals surface area (Å²) in [6.45, 7) is 4.95. The molecule has 1 heterocycles. The molecule has 17 heavy (non-hydrogen) atoms. The Balaban J connectivity index is 1.83. The molecule has 2 rings (SSSR count). The van der Waals surface area contributed by atoms with Crippen LogP contribution in [-0.2, 0) is 6.42 Å². The number of rotatable bonds is 4. The standard InChI is InChI=1S/C15H23NO/c1-13(11-14-5-3-2-4-6-14)16-9-7-15(12-17)8-10-16/h2-6,13,15,17H,7-12H2,1H3/t13-/m0/s1. The minimum atomic E-state index is 0.362. The van der Waals surface area contributed by atoms with E-state index in [9.17, 15) is 0 Å². The Kier molecular flexibility index (Phi) is 4.57. The third-order valence-electron chi connectivity index (χ3n) is 3.90. The number of aliphatic hydroxyl groups is 1. The first-order chi connectivity index (χ1) is 8.29. The van der Waals surface area contributed by atoms with Crippen LogP contribution >= 0.6 is 0 Å². The zero-order chi connectivity index (χ0) is 12.1. The summed E-state index contributed by atoms with van der Waals surface area (Å²) < 4.78 is 0. The maximum Gasteiger partial charge on any atom is 0.0460 e. The average Bonchev–Trinajstić information content (AvgIpc) is 2.40. The summed E-state index contributed by atoms with van der Waals surface area (Å²) in [5.74, 6) is 0.537. The maximum absolute atomic E-state index is 9.13. The molecule has 1 aliphatic rings. The summed E-state index contributed by atoms with van der Waals surface area (Å²) in [5, 5.41) is 9.13. The van der Waals surface area contributed by atoms with Gasteiger partial charge in [0.05, 0.1) is 0 Å². The van der Waals surface area contributed by atoms with Crippen molar-refractivity contribution < 1.29 is 5.11 Å². The van der Waals surface area contributed by atoms with Gasteiger partial charge in [0.15, 0.2) is 0 Å². The molecule has 0 unspecified atom stereocenters. The van der Waals surface area contributed by atoms with Gasteiger partial charge in [-0.2, -0.15) is 0 Å². The van der Waals surface area contributed by atoms with Crippen LogP contribution in [0.5, 0.6) is 0 Å². The molecule has 1 fully saturated rings. The van der Waals surface area contributed by atoms with Gasteiger partial charge in [-0.15, -0.1) is 0 Å². The van der Waals surface area contributed by atoms with Crippen molar-refractivity contribution in [1.82, 2.24) is 4.90 Å². The monoisotopic (exact) mass is 233 g/mol. The lowest BCUT2D eigenvalue weighted by Gasteiger charge is -2.35. The van der Waals surface area contributed by atoms with E-state index in [0.29, 0.717) is 18.6 Å². The van der Waals surface area contributed by atoms with Gasteiger partial charge in [0.25, 0.3) is 0 Å². The average molecular weight is 233 g/mol. The van der Waals surface area contributed by atoms with Gasteiger partial charge in [0.2, 0.25) is 0 Å². The van der Waals surface area contributed by atoms with Crippen molar-refractivity contribution >= 4 is 0 Å². The quantitative estimate of drug-likeness (QED) is 0.862. The first-order valence-corrected chi connectivity index (χ1v) is 6.68. The highest BCUT2D eigenvalue weighted by Gasteiger charge is 2.22. The van der Waals surface area contributed by atoms with Gasteiger partial charge in [-0.3, -0.25) is 0 Å². The molecule has 0 radical (unpaired) electrons. The molecular formula is C15H23NO. The van der Waals surface area contributed by atoms with Crippen LogP contribution in [0.4, 0.5) is 0 Å². The molecule has 94 valence electrons. The summed E-state index contributed by atoms with van der Waals surface area (Å²) in [7, 11) is 0. The van der Waals surface area contributed by atoms with E-state index in [1.54, 1.807) is 0 Å². The summed E-state index contributed by atoms with van der Waals surface area (Å²) >= 11 is 0. The van der Waals surface area contributed by atoms with Crippen LogP contribution in [-0.4, -0.2) is 35.7 Å². The molecule has 0 amide bonds. The van der Waals surface area contributed by atoms with E-state index >= 15 is 0 Å². The summed E-state index contributed by atoms with van der Waals surface area (Å²) in [5.41, 5.74) is 1.42. The van der Waals surface area contributed by atoms with E-state index in [1.807, 2.05) is 0 Å². The van der Waals surface area contributed by atoms with Gasteiger partial charge in [0.1, 0.15) is 0 Å². The zero-order valence-electron chi connectivity index (χ0n) is 10.7. The SMILES string of the molecule is C[C@@H](Cc1ccccc1)N1CCC(CO)CC1. The number of piperidine rings is 1. The Labute approximate surface area is 104 Å². The minimum Gasteiger partial charge on any atom is -0.396 e. The van der Waals surface area contributed by atoms with Crippen LogP contribution in [0.3, 0.4) is 0 Å². The normalized spacial score (nSPS) is 20.4. The van der Waals surface area contributed by atoms with Crippen LogP contribution in [0.1, 0.15) is 25.3 Å². The van der Waals surface area contributed by atoms with Gasteiger partial charge in [-0.1, -0.05) is 30.3 Å². The van der Waals surface area contributed by atoms with E-state index < -0.39 is 0 Å². The summed E-state index contributed by atoms with van der Waals surface area (Å²) in [6.07, 6.45) is 3.43. The minimum absolute atomic E-state index is 0.362. The van der Waals surface area contributed by atoms with Crippen LogP contribution in [0.15, 0.2) is 30.3 Å². The largest absolute Gasteiger partial charge is 0.396 e. The Hall–Kier alpha value is -0.860. The Bertz CT molecular complexity index is 317. The van der Waals surface area contributed by atoms with Crippen LogP contribution in [0.2, 0.25) is 0 Å². The highest BCUT2D eigenvalue weighted by molar-refractivity contribution is 5.15. The molecule has 1 aromatic carbocycles. The molecule has 0 aliphatic carbocycles. The van der Waals surface area contributed by atoms with E-state index in [0.717, 1.165) is 32.4 Å². The van der Waals surface area contributed by atoms with E-state index in [1.165, 1.54) is 5.56 Å². The number of likely N-dealkylation sites (tertiary alicyclic amines) is 1. The van der Waals surface area contributed by atoms with E-state index in [4.69, 9.17) is 5.11 Å². The number of hydrogen-bond donors (Lipinski definition) is 1. The van der Waals surface area contributed by atoms with Crippen molar-refractivity contribution in [3.63, 3.8) is 0 Å². The lowest BCUT2D eigenvalue weighted by molar-refractivity contribution is 0.106. The van der Waals surface area contributed by atoms with Gasteiger partial charge >= 0.3 is 0 Å².